The van der Waals surface area contributed by atoms with Gasteiger partial charge < -0.3 is 19.8 Å². The number of hydrogen-bond donors (Lipinski definition) is 1. The van der Waals surface area contributed by atoms with E-state index >= 15 is 0 Å². The first kappa shape index (κ1) is 31.8. The van der Waals surface area contributed by atoms with Crippen LogP contribution in [-0.2, 0) is 14.4 Å². The van der Waals surface area contributed by atoms with E-state index in [1.165, 1.54) is 0 Å². The molecule has 3 aliphatic heterocycles. The molecule has 3 amide bonds. The molecule has 3 unspecified atom stereocenters. The molecule has 224 valence electrons. The number of fused-ring (bicyclic) bond motifs is 1. The van der Waals surface area contributed by atoms with Crippen molar-refractivity contribution in [2.24, 2.45) is 17.8 Å². The summed E-state index contributed by atoms with van der Waals surface area (Å²) in [6.45, 7) is 14.9. The van der Waals surface area contributed by atoms with Crippen LogP contribution in [0.2, 0.25) is 0 Å². The van der Waals surface area contributed by atoms with Crippen molar-refractivity contribution in [3.8, 4) is 0 Å². The molecule has 1 N–H and O–H groups in total. The number of carbonyl (C=O) groups excluding carboxylic acids is 3. The fourth-order valence-corrected chi connectivity index (χ4v) is 10.6. The van der Waals surface area contributed by atoms with Gasteiger partial charge in [0.1, 0.15) is 6.04 Å². The molecule has 41 heavy (non-hydrogen) atoms. The van der Waals surface area contributed by atoms with Gasteiger partial charge in [0.15, 0.2) is 0 Å². The van der Waals surface area contributed by atoms with E-state index in [1.54, 1.807) is 33.7 Å². The van der Waals surface area contributed by atoms with Crippen molar-refractivity contribution in [1.29, 1.82) is 0 Å². The van der Waals surface area contributed by atoms with E-state index < -0.39 is 28.7 Å². The van der Waals surface area contributed by atoms with Gasteiger partial charge in [0.2, 0.25) is 17.7 Å². The molecular weight excluding hydrogens is 602 g/mol. The lowest BCUT2D eigenvalue weighted by Crippen LogP contribution is -2.58. The Bertz CT molecular complexity index is 1130. The summed E-state index contributed by atoms with van der Waals surface area (Å²) in [6, 6.07) is 8.17. The second-order valence-electron chi connectivity index (χ2n) is 11.8. The minimum absolute atomic E-state index is 0.0262. The van der Waals surface area contributed by atoms with Gasteiger partial charge >= 0.3 is 0 Å². The number of unbranched alkanes of at least 4 members (excludes halogenated alkanes) is 2. The highest BCUT2D eigenvalue weighted by Crippen LogP contribution is 2.68. The Morgan fingerprint density at radius 3 is 2.44 bits per heavy atom. The van der Waals surface area contributed by atoms with Crippen molar-refractivity contribution in [3.05, 3.63) is 55.6 Å². The Balaban J connectivity index is 1.80. The molecule has 3 fully saturated rings. The van der Waals surface area contributed by atoms with Gasteiger partial charge in [0, 0.05) is 35.4 Å². The minimum Gasteiger partial charge on any atom is -0.394 e. The van der Waals surface area contributed by atoms with Gasteiger partial charge in [-0.3, -0.25) is 14.4 Å². The number of thioether (sulfide) groups is 1. The van der Waals surface area contributed by atoms with Crippen LogP contribution < -0.4 is 4.90 Å². The number of aliphatic hydroxyl groups is 1. The van der Waals surface area contributed by atoms with Crippen LogP contribution in [0.25, 0.3) is 0 Å². The van der Waals surface area contributed by atoms with E-state index in [0.717, 1.165) is 24.9 Å². The second-order valence-corrected chi connectivity index (χ2v) is 14.5. The zero-order valence-corrected chi connectivity index (χ0v) is 26.9. The largest absolute Gasteiger partial charge is 0.394 e. The molecule has 1 aromatic carbocycles. The number of para-hydroxylation sites is 1. The standard InChI is InChI=1S/C32H44BrN3O4S/c1-6-9-13-18-34(16-7-2)31(40)28-32-19-23(33)27(41-32)25(26(32)30(39)36(28)24(20-37)21(4)5)29(38)35(17-8-3)22-14-11-10-12-15-22/h7-8,10-12,14-15,21,23-28,37H,2-3,6,9,13,16-20H2,1,4-5H3/t23?,24-,25+,26-,27+,28?,32?/m0/s1. The third kappa shape index (κ3) is 5.66. The lowest BCUT2D eigenvalue weighted by atomic mass is 9.70. The highest BCUT2D eigenvalue weighted by atomic mass is 79.9. The average Bonchev–Trinajstić information content (AvgIpc) is 3.55. The van der Waals surface area contributed by atoms with Gasteiger partial charge in [0.25, 0.3) is 0 Å². The molecule has 3 heterocycles. The minimum atomic E-state index is -0.768. The Morgan fingerprint density at radius 2 is 1.85 bits per heavy atom. The first-order valence-corrected chi connectivity index (χ1v) is 16.6. The molecule has 0 radical (unpaired) electrons. The van der Waals surface area contributed by atoms with Crippen molar-refractivity contribution in [3.63, 3.8) is 0 Å². The molecule has 0 saturated carbocycles. The summed E-state index contributed by atoms with van der Waals surface area (Å²) in [5.74, 6) is -1.75. The van der Waals surface area contributed by atoms with Gasteiger partial charge in [-0.2, -0.15) is 0 Å². The number of halogens is 1. The van der Waals surface area contributed by atoms with Crippen LogP contribution >= 0.6 is 27.7 Å². The molecule has 1 aromatic rings. The van der Waals surface area contributed by atoms with E-state index in [0.29, 0.717) is 26.1 Å². The van der Waals surface area contributed by atoms with Crippen molar-refractivity contribution < 1.29 is 19.5 Å². The molecule has 9 heteroatoms. The normalized spacial score (nSPS) is 29.0. The van der Waals surface area contributed by atoms with E-state index in [4.69, 9.17) is 0 Å². The summed E-state index contributed by atoms with van der Waals surface area (Å²) in [5, 5.41) is 10.4. The third-order valence-electron chi connectivity index (χ3n) is 8.90. The Labute approximate surface area is 257 Å². The zero-order chi connectivity index (χ0) is 29.9. The molecule has 0 aliphatic carbocycles. The first-order valence-electron chi connectivity index (χ1n) is 14.8. The van der Waals surface area contributed by atoms with Crippen LogP contribution in [0, 0.1) is 17.8 Å². The van der Waals surface area contributed by atoms with Gasteiger partial charge in [-0.25, -0.2) is 0 Å². The summed E-state index contributed by atoms with van der Waals surface area (Å²) in [5.41, 5.74) is 0.753. The number of benzene rings is 1. The number of nitrogens with zero attached hydrogens (tertiary/aromatic N) is 3. The quantitative estimate of drug-likeness (QED) is 0.177. The van der Waals surface area contributed by atoms with E-state index in [9.17, 15) is 19.5 Å². The predicted molar refractivity (Wildman–Crippen MR) is 170 cm³/mol. The summed E-state index contributed by atoms with van der Waals surface area (Å²) in [6.07, 6.45) is 6.94. The number of hydrogen-bond acceptors (Lipinski definition) is 5. The fraction of sp³-hybridized carbons (Fsp3) is 0.594. The van der Waals surface area contributed by atoms with Crippen LogP contribution in [0.15, 0.2) is 55.6 Å². The number of aliphatic hydroxyl groups excluding tert-OH is 1. The van der Waals surface area contributed by atoms with Gasteiger partial charge in [-0.15, -0.1) is 24.9 Å². The van der Waals surface area contributed by atoms with E-state index in [1.807, 2.05) is 49.1 Å². The zero-order valence-electron chi connectivity index (χ0n) is 24.5. The first-order chi connectivity index (χ1) is 19.7. The number of likely N-dealkylation sites (tertiary alicyclic amines) is 1. The Hall–Kier alpha value is -2.10. The number of alkyl halides is 1. The van der Waals surface area contributed by atoms with Gasteiger partial charge in [0.05, 0.1) is 29.2 Å². The molecule has 3 saturated heterocycles. The maximum Gasteiger partial charge on any atom is 0.247 e. The van der Waals surface area contributed by atoms with Crippen LogP contribution in [0.1, 0.15) is 46.5 Å². The van der Waals surface area contributed by atoms with Crippen LogP contribution in [-0.4, -0.2) is 85.8 Å². The van der Waals surface area contributed by atoms with Crippen LogP contribution in [0.5, 0.6) is 0 Å². The molecule has 7 atom stereocenters. The fourth-order valence-electron chi connectivity index (χ4n) is 7.02. The van der Waals surface area contributed by atoms with Crippen molar-refractivity contribution in [2.75, 3.05) is 31.1 Å². The molecule has 1 spiro atoms. The van der Waals surface area contributed by atoms with E-state index in [-0.39, 0.29) is 40.3 Å². The summed E-state index contributed by atoms with van der Waals surface area (Å²) in [7, 11) is 0. The molecule has 0 aromatic heterocycles. The molecular formula is C32H44BrN3O4S. The molecule has 3 aliphatic rings. The summed E-state index contributed by atoms with van der Waals surface area (Å²) >= 11 is 5.50. The maximum atomic E-state index is 14.6. The Morgan fingerprint density at radius 1 is 1.17 bits per heavy atom. The third-order valence-corrected chi connectivity index (χ3v) is 12.1. The topological polar surface area (TPSA) is 81.2 Å². The maximum absolute atomic E-state index is 14.6. The summed E-state index contributed by atoms with van der Waals surface area (Å²) < 4.78 is -0.768. The number of anilines is 1. The highest BCUT2D eigenvalue weighted by Gasteiger charge is 2.76. The number of carbonyl (C=O) groups is 3. The van der Waals surface area contributed by atoms with Crippen LogP contribution in [0.3, 0.4) is 0 Å². The van der Waals surface area contributed by atoms with Gasteiger partial charge in [-0.05, 0) is 30.9 Å². The molecule has 4 rings (SSSR count). The van der Waals surface area contributed by atoms with Crippen LogP contribution in [0.4, 0.5) is 5.69 Å². The average molecular weight is 647 g/mol. The van der Waals surface area contributed by atoms with Gasteiger partial charge in [-0.1, -0.05) is 79.9 Å². The lowest BCUT2D eigenvalue weighted by Gasteiger charge is -2.41. The predicted octanol–water partition coefficient (Wildman–Crippen LogP) is 4.89. The lowest BCUT2D eigenvalue weighted by molar-refractivity contribution is -0.146. The smallest absolute Gasteiger partial charge is 0.247 e. The molecule has 7 nitrogen and oxygen atoms in total. The second kappa shape index (κ2) is 13.5. The SMILES string of the molecule is C=CCN(CCCCC)C(=O)C1N([C@@H](CO)C(C)C)C(=O)[C@@H]2[C@@H](C(=O)N(CC=C)c3ccccc3)[C@@H]3SC12CC3Br. The number of rotatable bonds is 14. The monoisotopic (exact) mass is 645 g/mol. The van der Waals surface area contributed by atoms with Crippen molar-refractivity contribution >= 4 is 51.1 Å². The highest BCUT2D eigenvalue weighted by molar-refractivity contribution is 9.09. The van der Waals surface area contributed by atoms with Crippen molar-refractivity contribution in [2.45, 2.75) is 73.4 Å². The summed E-state index contributed by atoms with van der Waals surface area (Å²) in [4.78, 5) is 48.7. The molecule has 2 bridgehead atoms. The Kier molecular flexibility index (Phi) is 10.5. The number of amides is 3. The van der Waals surface area contributed by atoms with E-state index in [2.05, 4.69) is 36.0 Å². The van der Waals surface area contributed by atoms with Crippen molar-refractivity contribution in [1.82, 2.24) is 9.80 Å².